The van der Waals surface area contributed by atoms with E-state index in [0.717, 1.165) is 25.6 Å². The summed E-state index contributed by atoms with van der Waals surface area (Å²) in [5.41, 5.74) is 0. The Hall–Kier alpha value is -0.820. The normalized spacial score (nSPS) is 29.5. The van der Waals surface area contributed by atoms with Crippen molar-refractivity contribution in [1.82, 2.24) is 15.5 Å². The lowest BCUT2D eigenvalue weighted by Gasteiger charge is -2.32. The molecule has 0 aromatic carbocycles. The maximum Gasteiger partial charge on any atom is 0.191 e. The van der Waals surface area contributed by atoms with Gasteiger partial charge in [0.05, 0.1) is 18.1 Å². The van der Waals surface area contributed by atoms with Gasteiger partial charge in [0.25, 0.3) is 0 Å². The molecule has 2 unspecified atom stereocenters. The lowest BCUT2D eigenvalue weighted by molar-refractivity contribution is 0.166. The van der Waals surface area contributed by atoms with E-state index in [2.05, 4.69) is 27.4 Å². The van der Waals surface area contributed by atoms with E-state index in [1.54, 1.807) is 0 Å². The lowest BCUT2D eigenvalue weighted by Crippen LogP contribution is -2.44. The number of nitrogens with one attached hydrogen (secondary N) is 2. The molecular formula is C15H30N4O2S. The zero-order valence-electron chi connectivity index (χ0n) is 13.8. The van der Waals surface area contributed by atoms with Crippen LogP contribution in [0.15, 0.2) is 4.99 Å². The van der Waals surface area contributed by atoms with E-state index in [0.29, 0.717) is 12.5 Å². The van der Waals surface area contributed by atoms with Crippen molar-refractivity contribution in [3.8, 4) is 0 Å². The number of sulfone groups is 1. The van der Waals surface area contributed by atoms with Crippen molar-refractivity contribution in [2.45, 2.75) is 51.6 Å². The summed E-state index contributed by atoms with van der Waals surface area (Å²) in [5.74, 6) is 1.25. The molecule has 2 N–H and O–H groups in total. The van der Waals surface area contributed by atoms with Crippen molar-refractivity contribution in [3.05, 3.63) is 0 Å². The van der Waals surface area contributed by atoms with E-state index < -0.39 is 9.84 Å². The molecule has 2 aliphatic heterocycles. The van der Waals surface area contributed by atoms with Crippen LogP contribution in [0.4, 0.5) is 0 Å². The van der Waals surface area contributed by atoms with Gasteiger partial charge in [-0.3, -0.25) is 9.89 Å². The largest absolute Gasteiger partial charge is 0.357 e. The molecular weight excluding hydrogens is 300 g/mol. The van der Waals surface area contributed by atoms with Crippen molar-refractivity contribution < 1.29 is 8.42 Å². The molecule has 0 aromatic rings. The van der Waals surface area contributed by atoms with Crippen molar-refractivity contribution in [3.63, 3.8) is 0 Å². The molecule has 0 bridgehead atoms. The summed E-state index contributed by atoms with van der Waals surface area (Å²) in [4.78, 5) is 7.11. The van der Waals surface area contributed by atoms with Gasteiger partial charge < -0.3 is 10.6 Å². The van der Waals surface area contributed by atoms with E-state index in [9.17, 15) is 8.42 Å². The number of aliphatic imine (C=N–C) groups is 1. The van der Waals surface area contributed by atoms with Crippen LogP contribution in [0.1, 0.15) is 39.5 Å². The molecule has 2 rings (SSSR count). The molecule has 0 aromatic heterocycles. The van der Waals surface area contributed by atoms with Crippen LogP contribution < -0.4 is 10.6 Å². The summed E-state index contributed by atoms with van der Waals surface area (Å²) < 4.78 is 23.1. The molecule has 22 heavy (non-hydrogen) atoms. The highest BCUT2D eigenvalue weighted by Gasteiger charge is 2.28. The number of likely N-dealkylation sites (tertiary alicyclic amines) is 1. The SMILES string of the molecule is CCNC(=NCCN1CCCCC1C)NC1CCS(=O)(=O)C1. The number of hydrogen-bond donors (Lipinski definition) is 2. The Morgan fingerprint density at radius 3 is 2.77 bits per heavy atom. The van der Waals surface area contributed by atoms with Gasteiger partial charge in [0.1, 0.15) is 0 Å². The summed E-state index contributed by atoms with van der Waals surface area (Å²) in [6, 6.07) is 0.649. The molecule has 6 nitrogen and oxygen atoms in total. The predicted molar refractivity (Wildman–Crippen MR) is 91.1 cm³/mol. The Morgan fingerprint density at radius 2 is 2.14 bits per heavy atom. The fourth-order valence-corrected chi connectivity index (χ4v) is 4.88. The first kappa shape index (κ1) is 17.5. The molecule has 2 saturated heterocycles. The average molecular weight is 330 g/mol. The number of rotatable bonds is 5. The standard InChI is InChI=1S/C15H30N4O2S/c1-3-16-15(18-14-7-11-22(20,21)12-14)17-8-10-19-9-5-4-6-13(19)2/h13-14H,3-12H2,1-2H3,(H2,16,17,18). The van der Waals surface area contributed by atoms with Crippen LogP contribution in [0, 0.1) is 0 Å². The Kier molecular flexibility index (Phi) is 6.50. The van der Waals surface area contributed by atoms with Crippen LogP contribution in [0.2, 0.25) is 0 Å². The minimum atomic E-state index is -2.85. The van der Waals surface area contributed by atoms with Gasteiger partial charge in [-0.15, -0.1) is 0 Å². The second-order valence-electron chi connectivity index (χ2n) is 6.39. The third-order valence-electron chi connectivity index (χ3n) is 4.52. The first-order chi connectivity index (χ1) is 10.5. The van der Waals surface area contributed by atoms with Crippen molar-refractivity contribution in [2.75, 3.05) is 37.7 Å². The van der Waals surface area contributed by atoms with Gasteiger partial charge in [0.2, 0.25) is 0 Å². The van der Waals surface area contributed by atoms with Crippen LogP contribution in [0.5, 0.6) is 0 Å². The highest BCUT2D eigenvalue weighted by Crippen LogP contribution is 2.15. The van der Waals surface area contributed by atoms with E-state index >= 15 is 0 Å². The lowest BCUT2D eigenvalue weighted by atomic mass is 10.0. The molecule has 0 saturated carbocycles. The highest BCUT2D eigenvalue weighted by atomic mass is 32.2. The third kappa shape index (κ3) is 5.43. The van der Waals surface area contributed by atoms with Gasteiger partial charge in [0.15, 0.2) is 15.8 Å². The molecule has 7 heteroatoms. The average Bonchev–Trinajstić information content (AvgIpc) is 2.80. The molecule has 2 heterocycles. The topological polar surface area (TPSA) is 73.8 Å². The fraction of sp³-hybridized carbons (Fsp3) is 0.933. The van der Waals surface area contributed by atoms with Crippen LogP contribution in [0.3, 0.4) is 0 Å². The zero-order valence-corrected chi connectivity index (χ0v) is 14.7. The molecule has 2 atom stereocenters. The molecule has 0 spiro atoms. The quantitative estimate of drug-likeness (QED) is 0.570. The first-order valence-electron chi connectivity index (χ1n) is 8.49. The summed E-state index contributed by atoms with van der Waals surface area (Å²) in [6.45, 7) is 7.98. The molecule has 128 valence electrons. The van der Waals surface area contributed by atoms with Gasteiger partial charge >= 0.3 is 0 Å². The summed E-state index contributed by atoms with van der Waals surface area (Å²) in [6.07, 6.45) is 4.57. The molecule has 2 fully saturated rings. The number of piperidine rings is 1. The van der Waals surface area contributed by atoms with E-state index in [-0.39, 0.29) is 17.5 Å². The molecule has 0 amide bonds. The van der Waals surface area contributed by atoms with Gasteiger partial charge in [0, 0.05) is 25.2 Å². The summed E-state index contributed by atoms with van der Waals surface area (Å²) in [5, 5.41) is 6.47. The number of hydrogen-bond acceptors (Lipinski definition) is 4. The number of nitrogens with zero attached hydrogens (tertiary/aromatic N) is 2. The van der Waals surface area contributed by atoms with Crippen molar-refractivity contribution in [2.24, 2.45) is 4.99 Å². The van der Waals surface area contributed by atoms with Crippen LogP contribution in [-0.4, -0.2) is 69.0 Å². The Morgan fingerprint density at radius 1 is 1.32 bits per heavy atom. The van der Waals surface area contributed by atoms with Crippen molar-refractivity contribution >= 4 is 15.8 Å². The van der Waals surface area contributed by atoms with Crippen LogP contribution in [-0.2, 0) is 9.84 Å². The van der Waals surface area contributed by atoms with Gasteiger partial charge in [-0.2, -0.15) is 0 Å². The summed E-state index contributed by atoms with van der Waals surface area (Å²) >= 11 is 0. The second kappa shape index (κ2) is 8.15. The fourth-order valence-electron chi connectivity index (χ4n) is 3.20. The molecule has 0 aliphatic carbocycles. The monoisotopic (exact) mass is 330 g/mol. The van der Waals surface area contributed by atoms with E-state index in [1.165, 1.54) is 25.8 Å². The highest BCUT2D eigenvalue weighted by molar-refractivity contribution is 7.91. The van der Waals surface area contributed by atoms with Crippen molar-refractivity contribution in [1.29, 1.82) is 0 Å². The Labute approximate surface area is 134 Å². The minimum absolute atomic E-state index is 0.00305. The van der Waals surface area contributed by atoms with E-state index in [1.807, 2.05) is 6.92 Å². The second-order valence-corrected chi connectivity index (χ2v) is 8.61. The van der Waals surface area contributed by atoms with Crippen LogP contribution >= 0.6 is 0 Å². The molecule has 0 radical (unpaired) electrons. The predicted octanol–water partition coefficient (Wildman–Crippen LogP) is 0.603. The van der Waals surface area contributed by atoms with Gasteiger partial charge in [-0.1, -0.05) is 6.42 Å². The Balaban J connectivity index is 1.82. The number of guanidine groups is 1. The smallest absolute Gasteiger partial charge is 0.191 e. The first-order valence-corrected chi connectivity index (χ1v) is 10.3. The maximum absolute atomic E-state index is 11.5. The maximum atomic E-state index is 11.5. The summed E-state index contributed by atoms with van der Waals surface area (Å²) in [7, 11) is -2.85. The third-order valence-corrected chi connectivity index (χ3v) is 6.28. The Bertz CT molecular complexity index is 478. The van der Waals surface area contributed by atoms with Gasteiger partial charge in [-0.05, 0) is 39.7 Å². The molecule has 2 aliphatic rings. The van der Waals surface area contributed by atoms with E-state index in [4.69, 9.17) is 0 Å². The minimum Gasteiger partial charge on any atom is -0.357 e. The zero-order chi connectivity index (χ0) is 16.0. The van der Waals surface area contributed by atoms with Crippen LogP contribution in [0.25, 0.3) is 0 Å². The van der Waals surface area contributed by atoms with Gasteiger partial charge in [-0.25, -0.2) is 8.42 Å².